The van der Waals surface area contributed by atoms with Gasteiger partial charge < -0.3 is 10.8 Å². The van der Waals surface area contributed by atoms with Gasteiger partial charge in [-0.3, -0.25) is 9.69 Å². The zero-order chi connectivity index (χ0) is 9.47. The van der Waals surface area contributed by atoms with E-state index >= 15 is 0 Å². The number of carbonyl (C=O) groups is 1. The van der Waals surface area contributed by atoms with Crippen LogP contribution >= 0.6 is 0 Å². The van der Waals surface area contributed by atoms with Crippen molar-refractivity contribution in [2.75, 3.05) is 13.1 Å². The highest BCUT2D eigenvalue weighted by Gasteiger charge is 2.50. The molecule has 0 aromatic heterocycles. The van der Waals surface area contributed by atoms with Gasteiger partial charge in [-0.2, -0.15) is 0 Å². The summed E-state index contributed by atoms with van der Waals surface area (Å²) in [6, 6.07) is 0.0822. The summed E-state index contributed by atoms with van der Waals surface area (Å²) in [5.41, 5.74) is 4.94. The molecule has 0 aliphatic carbocycles. The molecule has 0 spiro atoms. The highest BCUT2D eigenvalue weighted by molar-refractivity contribution is 5.80. The lowest BCUT2D eigenvalue weighted by atomic mass is 9.86. The summed E-state index contributed by atoms with van der Waals surface area (Å²) in [5, 5.41) is 9.06. The van der Waals surface area contributed by atoms with E-state index in [1.54, 1.807) is 0 Å². The van der Waals surface area contributed by atoms with E-state index < -0.39 is 11.5 Å². The largest absolute Gasteiger partial charge is 0.480 e. The molecule has 0 unspecified atom stereocenters. The van der Waals surface area contributed by atoms with Gasteiger partial charge in [0.2, 0.25) is 0 Å². The lowest BCUT2D eigenvalue weighted by Gasteiger charge is -2.35. The van der Waals surface area contributed by atoms with Crippen LogP contribution in [0.1, 0.15) is 25.7 Å². The van der Waals surface area contributed by atoms with Crippen LogP contribution < -0.4 is 5.73 Å². The maximum Gasteiger partial charge on any atom is 0.325 e. The van der Waals surface area contributed by atoms with E-state index in [9.17, 15) is 4.79 Å². The standard InChI is InChI=1S/C9H16N2O2/c10-9(8(12)13)4-6-11-5-2-1-3-7(9)11/h7H,1-6,10H2,(H,12,13)/t7-,9+/m1/s1. The summed E-state index contributed by atoms with van der Waals surface area (Å²) in [6.07, 6.45) is 3.86. The summed E-state index contributed by atoms with van der Waals surface area (Å²) in [6.45, 7) is 1.88. The number of fused-ring (bicyclic) bond motifs is 1. The van der Waals surface area contributed by atoms with Crippen molar-refractivity contribution >= 4 is 5.97 Å². The summed E-state index contributed by atoms with van der Waals surface area (Å²) in [4.78, 5) is 13.3. The number of hydrogen-bond donors (Lipinski definition) is 2. The lowest BCUT2D eigenvalue weighted by Crippen LogP contribution is -2.58. The summed E-state index contributed by atoms with van der Waals surface area (Å²) < 4.78 is 0. The molecule has 0 aromatic carbocycles. The number of carboxylic acid groups (broad SMARTS) is 1. The number of piperidine rings is 1. The van der Waals surface area contributed by atoms with E-state index in [1.807, 2.05) is 0 Å². The van der Waals surface area contributed by atoms with Crippen LogP contribution in [-0.2, 0) is 4.79 Å². The number of rotatable bonds is 1. The molecule has 13 heavy (non-hydrogen) atoms. The van der Waals surface area contributed by atoms with Gasteiger partial charge in [0, 0.05) is 12.6 Å². The van der Waals surface area contributed by atoms with Gasteiger partial charge in [-0.1, -0.05) is 6.42 Å². The van der Waals surface area contributed by atoms with Gasteiger partial charge in [-0.25, -0.2) is 0 Å². The highest BCUT2D eigenvalue weighted by atomic mass is 16.4. The minimum absolute atomic E-state index is 0.0822. The van der Waals surface area contributed by atoms with Crippen molar-refractivity contribution in [1.82, 2.24) is 4.90 Å². The second kappa shape index (κ2) is 2.96. The van der Waals surface area contributed by atoms with E-state index in [1.165, 1.54) is 6.42 Å². The molecule has 0 saturated carbocycles. The predicted octanol–water partition coefficient (Wildman–Crippen LogP) is 0.0267. The van der Waals surface area contributed by atoms with Crippen molar-refractivity contribution in [3.63, 3.8) is 0 Å². The van der Waals surface area contributed by atoms with Crippen molar-refractivity contribution in [1.29, 1.82) is 0 Å². The fourth-order valence-electron chi connectivity index (χ4n) is 2.59. The van der Waals surface area contributed by atoms with E-state index in [-0.39, 0.29) is 6.04 Å². The fourth-order valence-corrected chi connectivity index (χ4v) is 2.59. The average molecular weight is 184 g/mol. The van der Waals surface area contributed by atoms with Gasteiger partial charge in [0.25, 0.3) is 0 Å². The molecule has 3 N–H and O–H groups in total. The normalized spacial score (nSPS) is 40.2. The molecule has 2 aliphatic heterocycles. The minimum Gasteiger partial charge on any atom is -0.480 e. The van der Waals surface area contributed by atoms with Crippen LogP contribution in [0, 0.1) is 0 Å². The molecule has 0 bridgehead atoms. The lowest BCUT2D eigenvalue weighted by molar-refractivity contribution is -0.144. The SMILES string of the molecule is N[C@@]1(C(=O)O)CCN2CCCC[C@@H]21. The summed E-state index contributed by atoms with van der Waals surface area (Å²) in [5.74, 6) is -0.832. The first-order chi connectivity index (χ1) is 6.14. The third-order valence-electron chi connectivity index (χ3n) is 3.42. The molecular formula is C9H16N2O2. The van der Waals surface area contributed by atoms with Crippen molar-refractivity contribution in [3.05, 3.63) is 0 Å². The maximum atomic E-state index is 11.0. The Balaban J connectivity index is 2.19. The molecule has 74 valence electrons. The van der Waals surface area contributed by atoms with Crippen molar-refractivity contribution in [2.24, 2.45) is 5.73 Å². The Labute approximate surface area is 77.7 Å². The number of nitrogens with zero attached hydrogens (tertiary/aromatic N) is 1. The zero-order valence-electron chi connectivity index (χ0n) is 7.70. The van der Waals surface area contributed by atoms with E-state index in [0.29, 0.717) is 6.42 Å². The molecule has 2 rings (SSSR count). The van der Waals surface area contributed by atoms with Crippen LogP contribution in [0.3, 0.4) is 0 Å². The molecular weight excluding hydrogens is 168 g/mol. The highest BCUT2D eigenvalue weighted by Crippen LogP contribution is 2.33. The molecule has 0 amide bonds. The Morgan fingerprint density at radius 1 is 1.46 bits per heavy atom. The molecule has 0 radical (unpaired) electrons. The van der Waals surface area contributed by atoms with Crippen molar-refractivity contribution in [3.8, 4) is 0 Å². The molecule has 4 heteroatoms. The van der Waals surface area contributed by atoms with E-state index in [4.69, 9.17) is 10.8 Å². The topological polar surface area (TPSA) is 66.6 Å². The number of carboxylic acids is 1. The van der Waals surface area contributed by atoms with Crippen LogP contribution in [0.2, 0.25) is 0 Å². The van der Waals surface area contributed by atoms with Crippen LogP contribution in [0.4, 0.5) is 0 Å². The zero-order valence-corrected chi connectivity index (χ0v) is 7.70. The molecule has 0 aromatic rings. The fraction of sp³-hybridized carbons (Fsp3) is 0.889. The quantitative estimate of drug-likeness (QED) is 0.603. The first kappa shape index (κ1) is 8.97. The van der Waals surface area contributed by atoms with E-state index in [0.717, 1.165) is 25.9 Å². The van der Waals surface area contributed by atoms with Gasteiger partial charge in [0.1, 0.15) is 5.54 Å². The molecule has 2 aliphatic rings. The van der Waals surface area contributed by atoms with Crippen molar-refractivity contribution < 1.29 is 9.90 Å². The Bertz CT molecular complexity index is 232. The van der Waals surface area contributed by atoms with Crippen LogP contribution in [-0.4, -0.2) is 40.6 Å². The molecule has 2 heterocycles. The first-order valence-corrected chi connectivity index (χ1v) is 4.91. The van der Waals surface area contributed by atoms with E-state index in [2.05, 4.69) is 4.90 Å². The van der Waals surface area contributed by atoms with Crippen LogP contribution in [0.5, 0.6) is 0 Å². The predicted molar refractivity (Wildman–Crippen MR) is 48.4 cm³/mol. The Morgan fingerprint density at radius 3 is 2.92 bits per heavy atom. The van der Waals surface area contributed by atoms with Gasteiger partial charge in [-0.05, 0) is 25.8 Å². The molecule has 2 atom stereocenters. The van der Waals surface area contributed by atoms with Gasteiger partial charge in [0.05, 0.1) is 0 Å². The minimum atomic E-state index is -0.972. The smallest absolute Gasteiger partial charge is 0.325 e. The average Bonchev–Trinajstić information content (AvgIpc) is 2.47. The first-order valence-electron chi connectivity index (χ1n) is 4.91. The van der Waals surface area contributed by atoms with Crippen LogP contribution in [0.25, 0.3) is 0 Å². The maximum absolute atomic E-state index is 11.0. The number of nitrogens with two attached hydrogens (primary N) is 1. The molecule has 2 fully saturated rings. The third kappa shape index (κ3) is 1.25. The second-order valence-electron chi connectivity index (χ2n) is 4.14. The van der Waals surface area contributed by atoms with Crippen molar-refractivity contribution in [2.45, 2.75) is 37.3 Å². The van der Waals surface area contributed by atoms with Gasteiger partial charge in [-0.15, -0.1) is 0 Å². The third-order valence-corrected chi connectivity index (χ3v) is 3.42. The summed E-state index contributed by atoms with van der Waals surface area (Å²) in [7, 11) is 0. The van der Waals surface area contributed by atoms with Gasteiger partial charge in [0.15, 0.2) is 0 Å². The Morgan fingerprint density at radius 2 is 2.23 bits per heavy atom. The summed E-state index contributed by atoms with van der Waals surface area (Å²) >= 11 is 0. The second-order valence-corrected chi connectivity index (χ2v) is 4.14. The van der Waals surface area contributed by atoms with Gasteiger partial charge >= 0.3 is 5.97 Å². The molecule has 4 nitrogen and oxygen atoms in total. The van der Waals surface area contributed by atoms with Crippen LogP contribution in [0.15, 0.2) is 0 Å². The Kier molecular flexibility index (Phi) is 2.04. The Hall–Kier alpha value is -0.610. The number of hydrogen-bond acceptors (Lipinski definition) is 3. The molecule has 2 saturated heterocycles. The monoisotopic (exact) mass is 184 g/mol. The number of aliphatic carboxylic acids is 1.